The second kappa shape index (κ2) is 4.46. The fourth-order valence-corrected chi connectivity index (χ4v) is 3.97. The van der Waals surface area contributed by atoms with E-state index in [0.29, 0.717) is 0 Å². The van der Waals surface area contributed by atoms with Crippen LogP contribution in [0.1, 0.15) is 0 Å². The third kappa shape index (κ3) is 1.91. The number of rotatable bonds is 2. The van der Waals surface area contributed by atoms with E-state index in [-0.39, 0.29) is 0 Å². The lowest BCUT2D eigenvalue weighted by Crippen LogP contribution is -1.85. The van der Waals surface area contributed by atoms with E-state index in [1.165, 1.54) is 11.8 Å². The number of hydrogen-bond acceptors (Lipinski definition) is 6. The van der Waals surface area contributed by atoms with Crippen LogP contribution in [0.2, 0.25) is 0 Å². The van der Waals surface area contributed by atoms with Crippen molar-refractivity contribution in [3.05, 3.63) is 42.6 Å². The molecule has 5 nitrogen and oxygen atoms in total. The number of anilines is 1. The molecule has 7 heteroatoms. The van der Waals surface area contributed by atoms with E-state index in [0.717, 1.165) is 31.0 Å². The lowest BCUT2D eigenvalue weighted by atomic mass is 10.3. The van der Waals surface area contributed by atoms with Crippen molar-refractivity contribution in [3.63, 3.8) is 0 Å². The highest BCUT2D eigenvalue weighted by Gasteiger charge is 2.10. The summed E-state index contributed by atoms with van der Waals surface area (Å²) in [6, 6.07) is 11.6. The third-order valence-electron chi connectivity index (χ3n) is 2.85. The lowest BCUT2D eigenvalue weighted by molar-refractivity contribution is 0.920. The highest BCUT2D eigenvalue weighted by molar-refractivity contribution is 8.01. The molecule has 0 aliphatic rings. The van der Waals surface area contributed by atoms with Gasteiger partial charge in [-0.25, -0.2) is 4.98 Å². The minimum absolute atomic E-state index is 0.755. The first-order valence-electron chi connectivity index (χ1n) is 5.93. The molecule has 0 saturated carbocycles. The fourth-order valence-electron chi connectivity index (χ4n) is 1.93. The minimum atomic E-state index is 0.755. The van der Waals surface area contributed by atoms with E-state index in [9.17, 15) is 0 Å². The van der Waals surface area contributed by atoms with E-state index >= 15 is 0 Å². The Balaban J connectivity index is 1.76. The van der Waals surface area contributed by atoms with E-state index < -0.39 is 0 Å². The largest absolute Gasteiger partial charge is 0.399 e. The van der Waals surface area contributed by atoms with E-state index in [2.05, 4.69) is 15.2 Å². The number of benzene rings is 1. The van der Waals surface area contributed by atoms with Gasteiger partial charge >= 0.3 is 0 Å². The summed E-state index contributed by atoms with van der Waals surface area (Å²) in [5.41, 5.74) is 8.34. The molecule has 0 saturated heterocycles. The summed E-state index contributed by atoms with van der Waals surface area (Å²) in [5, 5.41) is 9.14. The molecule has 0 bridgehead atoms. The number of thiazole rings is 1. The average Bonchev–Trinajstić information content (AvgIpc) is 3.03. The second-order valence-corrected chi connectivity index (χ2v) is 6.47. The topological polar surface area (TPSA) is 69.1 Å². The molecule has 0 radical (unpaired) electrons. The maximum Gasteiger partial charge on any atom is 0.202 e. The van der Waals surface area contributed by atoms with Gasteiger partial charge in [0.15, 0.2) is 9.99 Å². The Morgan fingerprint density at radius 1 is 1.15 bits per heavy atom. The van der Waals surface area contributed by atoms with Gasteiger partial charge in [0.1, 0.15) is 0 Å². The van der Waals surface area contributed by atoms with Gasteiger partial charge in [0.25, 0.3) is 0 Å². The van der Waals surface area contributed by atoms with Crippen LogP contribution in [0.25, 0.3) is 15.9 Å². The predicted octanol–water partition coefficient (Wildman–Crippen LogP) is 3.07. The van der Waals surface area contributed by atoms with Crippen LogP contribution in [0.4, 0.5) is 5.69 Å². The monoisotopic (exact) mass is 299 g/mol. The molecular formula is C13H9N5S2. The summed E-state index contributed by atoms with van der Waals surface area (Å²) >= 11 is 3.12. The molecule has 0 unspecified atom stereocenters. The maximum absolute atomic E-state index is 5.79. The zero-order valence-electron chi connectivity index (χ0n) is 10.2. The van der Waals surface area contributed by atoms with Gasteiger partial charge < -0.3 is 5.73 Å². The van der Waals surface area contributed by atoms with Crippen LogP contribution >= 0.6 is 23.1 Å². The SMILES string of the molecule is Nc1ccc2nc(Sc3nnc4ccccn34)sc2c1. The van der Waals surface area contributed by atoms with Crippen molar-refractivity contribution in [1.82, 2.24) is 19.6 Å². The van der Waals surface area contributed by atoms with Gasteiger partial charge in [0.2, 0.25) is 5.16 Å². The number of nitrogens with two attached hydrogens (primary N) is 1. The summed E-state index contributed by atoms with van der Waals surface area (Å²) in [7, 11) is 0. The highest BCUT2D eigenvalue weighted by Crippen LogP contribution is 2.34. The predicted molar refractivity (Wildman–Crippen MR) is 81.1 cm³/mol. The van der Waals surface area contributed by atoms with Crippen LogP contribution in [-0.4, -0.2) is 19.6 Å². The number of fused-ring (bicyclic) bond motifs is 2. The van der Waals surface area contributed by atoms with Gasteiger partial charge in [-0.1, -0.05) is 6.07 Å². The van der Waals surface area contributed by atoms with Gasteiger partial charge in [0.05, 0.1) is 10.2 Å². The molecule has 0 atom stereocenters. The highest BCUT2D eigenvalue weighted by atomic mass is 32.2. The molecule has 0 aliphatic carbocycles. The van der Waals surface area contributed by atoms with E-state index in [4.69, 9.17) is 5.73 Å². The third-order valence-corrected chi connectivity index (χ3v) is 4.89. The van der Waals surface area contributed by atoms with E-state index in [1.807, 2.05) is 47.0 Å². The fraction of sp³-hybridized carbons (Fsp3) is 0. The van der Waals surface area contributed by atoms with Gasteiger partial charge in [0, 0.05) is 11.9 Å². The molecule has 2 N–H and O–H groups in total. The number of pyridine rings is 1. The Hall–Kier alpha value is -2.12. The second-order valence-electron chi connectivity index (χ2n) is 4.22. The molecule has 4 aromatic rings. The van der Waals surface area contributed by atoms with Crippen LogP contribution in [0.15, 0.2) is 52.1 Å². The number of nitrogens with zero attached hydrogens (tertiary/aromatic N) is 4. The molecule has 1 aromatic carbocycles. The van der Waals surface area contributed by atoms with E-state index in [1.54, 1.807) is 11.3 Å². The van der Waals surface area contributed by atoms with Crippen LogP contribution in [0.3, 0.4) is 0 Å². The Labute approximate surface area is 122 Å². The number of nitrogen functional groups attached to an aromatic ring is 1. The molecule has 0 amide bonds. The number of hydrogen-bond donors (Lipinski definition) is 1. The molecule has 3 aromatic heterocycles. The van der Waals surface area contributed by atoms with Gasteiger partial charge in [-0.15, -0.1) is 21.5 Å². The molecule has 0 spiro atoms. The normalized spacial score (nSPS) is 11.4. The zero-order chi connectivity index (χ0) is 13.5. The standard InChI is InChI=1S/C13H9N5S2/c14-8-4-5-9-10(7-8)19-13(15-9)20-12-17-16-11-3-1-2-6-18(11)12/h1-7H,14H2. The Bertz CT molecular complexity index is 911. The Morgan fingerprint density at radius 3 is 3.05 bits per heavy atom. The van der Waals surface area contributed by atoms with Crippen molar-refractivity contribution < 1.29 is 0 Å². The molecular weight excluding hydrogens is 290 g/mol. The Morgan fingerprint density at radius 2 is 2.10 bits per heavy atom. The van der Waals surface area contributed by atoms with Crippen molar-refractivity contribution >= 4 is 44.6 Å². The van der Waals surface area contributed by atoms with Crippen LogP contribution in [-0.2, 0) is 0 Å². The molecule has 0 fully saturated rings. The molecule has 98 valence electrons. The summed E-state index contributed by atoms with van der Waals surface area (Å²) in [5.74, 6) is 0. The van der Waals surface area contributed by atoms with Crippen LogP contribution < -0.4 is 5.73 Å². The van der Waals surface area contributed by atoms with Crippen molar-refractivity contribution in [1.29, 1.82) is 0 Å². The maximum atomic E-state index is 5.79. The zero-order valence-corrected chi connectivity index (χ0v) is 11.9. The smallest absolute Gasteiger partial charge is 0.202 e. The number of aromatic nitrogens is 4. The molecule has 0 aliphatic heterocycles. The molecule has 3 heterocycles. The van der Waals surface area contributed by atoms with Gasteiger partial charge in [-0.05, 0) is 42.1 Å². The quantitative estimate of drug-likeness (QED) is 0.576. The van der Waals surface area contributed by atoms with Crippen molar-refractivity contribution in [2.45, 2.75) is 9.50 Å². The minimum Gasteiger partial charge on any atom is -0.399 e. The van der Waals surface area contributed by atoms with Crippen LogP contribution in [0, 0.1) is 0 Å². The lowest BCUT2D eigenvalue weighted by Gasteiger charge is -1.95. The van der Waals surface area contributed by atoms with Crippen molar-refractivity contribution in [2.75, 3.05) is 5.73 Å². The summed E-state index contributed by atoms with van der Waals surface area (Å²) in [6.45, 7) is 0. The Kier molecular flexibility index (Phi) is 2.61. The average molecular weight is 299 g/mol. The molecule has 4 rings (SSSR count). The van der Waals surface area contributed by atoms with Crippen molar-refractivity contribution in [3.8, 4) is 0 Å². The molecule has 20 heavy (non-hydrogen) atoms. The first-order chi connectivity index (χ1) is 9.79. The first-order valence-corrected chi connectivity index (χ1v) is 7.56. The summed E-state index contributed by atoms with van der Waals surface area (Å²) in [6.07, 6.45) is 1.95. The first kappa shape index (κ1) is 11.7. The van der Waals surface area contributed by atoms with Crippen LogP contribution in [0.5, 0.6) is 0 Å². The summed E-state index contributed by atoms with van der Waals surface area (Å²) < 4.78 is 3.97. The van der Waals surface area contributed by atoms with Gasteiger partial charge in [-0.2, -0.15) is 0 Å². The summed E-state index contributed by atoms with van der Waals surface area (Å²) in [4.78, 5) is 4.58. The van der Waals surface area contributed by atoms with Gasteiger partial charge in [-0.3, -0.25) is 4.40 Å². The van der Waals surface area contributed by atoms with Crippen molar-refractivity contribution in [2.24, 2.45) is 0 Å².